The van der Waals surface area contributed by atoms with Crippen LogP contribution >= 0.6 is 11.8 Å². The Bertz CT molecular complexity index is 594. The van der Waals surface area contributed by atoms with Gasteiger partial charge in [0.1, 0.15) is 5.25 Å². The first kappa shape index (κ1) is 18.2. The molecule has 136 valence electrons. The third-order valence-electron chi connectivity index (χ3n) is 4.92. The van der Waals surface area contributed by atoms with Crippen LogP contribution in [0.25, 0.3) is 0 Å². The molecular formula is C18H25N3O3S. The molecule has 1 atom stereocenters. The molecule has 1 saturated carbocycles. The van der Waals surface area contributed by atoms with Crippen molar-refractivity contribution < 1.29 is 14.4 Å². The molecule has 0 aromatic heterocycles. The maximum atomic E-state index is 12.3. The number of aliphatic imine (C=N–C) groups is 1. The van der Waals surface area contributed by atoms with Gasteiger partial charge in [0.2, 0.25) is 11.8 Å². The Balaban J connectivity index is 1.42. The Morgan fingerprint density at radius 3 is 2.68 bits per heavy atom. The molecule has 1 unspecified atom stereocenters. The minimum absolute atomic E-state index is 0.0172. The fourth-order valence-corrected chi connectivity index (χ4v) is 4.43. The fourth-order valence-electron chi connectivity index (χ4n) is 3.54. The Labute approximate surface area is 152 Å². The molecule has 6 nitrogen and oxygen atoms in total. The second kappa shape index (κ2) is 8.65. The van der Waals surface area contributed by atoms with E-state index in [1.807, 2.05) is 0 Å². The first-order valence-corrected chi connectivity index (χ1v) is 10.1. The molecule has 0 radical (unpaired) electrons. The Kier molecular flexibility index (Phi) is 6.29. The van der Waals surface area contributed by atoms with E-state index in [1.54, 1.807) is 11.5 Å². The standard InChI is InChI=1S/C18H25N3O3S/c22-15(19-13-7-4-2-1-3-5-8-13)9-6-11-21-17(23)16-14(10-12-25-16)20-18(21)24/h10,12-13,16H,1-9,11H2,(H,19,22). The highest BCUT2D eigenvalue weighted by molar-refractivity contribution is 8.04. The highest BCUT2D eigenvalue weighted by Gasteiger charge is 2.38. The second-order valence-corrected chi connectivity index (χ2v) is 7.86. The van der Waals surface area contributed by atoms with Crippen molar-refractivity contribution in [3.8, 4) is 0 Å². The van der Waals surface area contributed by atoms with Gasteiger partial charge in [-0.25, -0.2) is 4.79 Å². The van der Waals surface area contributed by atoms with Gasteiger partial charge in [-0.1, -0.05) is 32.1 Å². The van der Waals surface area contributed by atoms with Gasteiger partial charge in [-0.3, -0.25) is 14.5 Å². The Morgan fingerprint density at radius 1 is 1.20 bits per heavy atom. The predicted octanol–water partition coefficient (Wildman–Crippen LogP) is 3.03. The van der Waals surface area contributed by atoms with Crippen LogP contribution in [0.5, 0.6) is 0 Å². The molecule has 0 bridgehead atoms. The number of amides is 4. The van der Waals surface area contributed by atoms with E-state index >= 15 is 0 Å². The minimum atomic E-state index is -0.510. The molecule has 2 aliphatic heterocycles. The van der Waals surface area contributed by atoms with Crippen molar-refractivity contribution in [3.63, 3.8) is 0 Å². The lowest BCUT2D eigenvalue weighted by Gasteiger charge is -2.26. The highest BCUT2D eigenvalue weighted by Crippen LogP contribution is 2.27. The number of rotatable bonds is 5. The zero-order chi connectivity index (χ0) is 17.6. The van der Waals surface area contributed by atoms with E-state index in [0.29, 0.717) is 18.6 Å². The molecule has 0 saturated heterocycles. The van der Waals surface area contributed by atoms with Crippen LogP contribution in [0.1, 0.15) is 57.8 Å². The summed E-state index contributed by atoms with van der Waals surface area (Å²) in [6.45, 7) is 0.254. The summed E-state index contributed by atoms with van der Waals surface area (Å²) < 4.78 is 0. The maximum Gasteiger partial charge on any atom is 0.350 e. The number of carbonyl (C=O) groups excluding carboxylic acids is 3. The van der Waals surface area contributed by atoms with Crippen molar-refractivity contribution in [3.05, 3.63) is 11.5 Å². The zero-order valence-electron chi connectivity index (χ0n) is 14.4. The minimum Gasteiger partial charge on any atom is -0.353 e. The molecule has 0 aromatic carbocycles. The smallest absolute Gasteiger partial charge is 0.350 e. The number of urea groups is 1. The van der Waals surface area contributed by atoms with Crippen molar-refractivity contribution in [1.29, 1.82) is 0 Å². The summed E-state index contributed by atoms with van der Waals surface area (Å²) in [6.07, 6.45) is 10.8. The van der Waals surface area contributed by atoms with Gasteiger partial charge < -0.3 is 5.32 Å². The van der Waals surface area contributed by atoms with Crippen molar-refractivity contribution >= 4 is 35.3 Å². The SMILES string of the molecule is O=C(CCCN1C(=O)N=C2C=CSC2C1=O)NC1CCCCCCC1. The van der Waals surface area contributed by atoms with E-state index in [2.05, 4.69) is 10.3 Å². The topological polar surface area (TPSA) is 78.8 Å². The van der Waals surface area contributed by atoms with E-state index in [-0.39, 0.29) is 29.7 Å². The van der Waals surface area contributed by atoms with Crippen LogP contribution < -0.4 is 5.32 Å². The largest absolute Gasteiger partial charge is 0.353 e. The first-order chi connectivity index (χ1) is 12.1. The maximum absolute atomic E-state index is 12.3. The van der Waals surface area contributed by atoms with Crippen molar-refractivity contribution in [1.82, 2.24) is 10.2 Å². The van der Waals surface area contributed by atoms with Gasteiger partial charge in [0.15, 0.2) is 0 Å². The van der Waals surface area contributed by atoms with Gasteiger partial charge in [-0.2, -0.15) is 4.99 Å². The number of fused-ring (bicyclic) bond motifs is 1. The average molecular weight is 363 g/mol. The van der Waals surface area contributed by atoms with Crippen LogP contribution in [0.3, 0.4) is 0 Å². The summed E-state index contributed by atoms with van der Waals surface area (Å²) in [5.74, 6) is -0.200. The predicted molar refractivity (Wildman–Crippen MR) is 98.5 cm³/mol. The van der Waals surface area contributed by atoms with Crippen LogP contribution in [0.2, 0.25) is 0 Å². The molecule has 0 spiro atoms. The summed E-state index contributed by atoms with van der Waals surface area (Å²) in [6, 6.07) is -0.233. The summed E-state index contributed by atoms with van der Waals surface area (Å²) in [4.78, 5) is 41.6. The number of carbonyl (C=O) groups is 3. The quantitative estimate of drug-likeness (QED) is 0.814. The van der Waals surface area contributed by atoms with Crippen molar-refractivity contribution in [2.45, 2.75) is 69.1 Å². The van der Waals surface area contributed by atoms with E-state index in [4.69, 9.17) is 0 Å². The summed E-state index contributed by atoms with van der Waals surface area (Å²) >= 11 is 1.37. The van der Waals surface area contributed by atoms with Crippen LogP contribution in [-0.4, -0.2) is 46.3 Å². The van der Waals surface area contributed by atoms with Crippen LogP contribution in [0, 0.1) is 0 Å². The molecular weight excluding hydrogens is 338 g/mol. The Hall–Kier alpha value is -1.63. The average Bonchev–Trinajstić information content (AvgIpc) is 3.01. The molecule has 25 heavy (non-hydrogen) atoms. The molecule has 2 heterocycles. The third-order valence-corrected chi connectivity index (χ3v) is 5.93. The van der Waals surface area contributed by atoms with Crippen LogP contribution in [0.15, 0.2) is 16.5 Å². The molecule has 1 aliphatic carbocycles. The Morgan fingerprint density at radius 2 is 1.92 bits per heavy atom. The van der Waals surface area contributed by atoms with E-state index in [0.717, 1.165) is 12.8 Å². The number of hydrogen-bond acceptors (Lipinski definition) is 4. The lowest BCUT2D eigenvalue weighted by molar-refractivity contribution is -0.127. The van der Waals surface area contributed by atoms with E-state index < -0.39 is 6.03 Å². The van der Waals surface area contributed by atoms with Crippen molar-refractivity contribution in [2.75, 3.05) is 6.54 Å². The van der Waals surface area contributed by atoms with Gasteiger partial charge in [0.25, 0.3) is 0 Å². The number of nitrogens with zero attached hydrogens (tertiary/aromatic N) is 2. The molecule has 1 fully saturated rings. The van der Waals surface area contributed by atoms with E-state index in [9.17, 15) is 14.4 Å². The zero-order valence-corrected chi connectivity index (χ0v) is 15.2. The molecule has 1 N–H and O–H groups in total. The van der Waals surface area contributed by atoms with Gasteiger partial charge in [0.05, 0.1) is 5.71 Å². The molecule has 4 amide bonds. The van der Waals surface area contributed by atoms with Gasteiger partial charge in [0, 0.05) is 19.0 Å². The first-order valence-electron chi connectivity index (χ1n) is 9.20. The number of imide groups is 1. The van der Waals surface area contributed by atoms with Gasteiger partial charge >= 0.3 is 6.03 Å². The monoisotopic (exact) mass is 363 g/mol. The van der Waals surface area contributed by atoms with Crippen LogP contribution in [-0.2, 0) is 9.59 Å². The number of nitrogens with one attached hydrogen (secondary N) is 1. The van der Waals surface area contributed by atoms with E-state index in [1.165, 1.54) is 48.8 Å². The summed E-state index contributed by atoms with van der Waals surface area (Å²) in [5, 5.41) is 4.52. The number of thioether (sulfide) groups is 1. The normalized spacial score (nSPS) is 24.6. The lowest BCUT2D eigenvalue weighted by Crippen LogP contribution is -2.47. The molecule has 0 aromatic rings. The molecule has 3 aliphatic rings. The van der Waals surface area contributed by atoms with Gasteiger partial charge in [-0.15, -0.1) is 11.8 Å². The number of hydrogen-bond donors (Lipinski definition) is 1. The molecule has 3 rings (SSSR count). The lowest BCUT2D eigenvalue weighted by atomic mass is 9.96. The summed E-state index contributed by atoms with van der Waals surface area (Å²) in [5.41, 5.74) is 0.540. The second-order valence-electron chi connectivity index (χ2n) is 6.84. The highest BCUT2D eigenvalue weighted by atomic mass is 32.2. The van der Waals surface area contributed by atoms with Crippen molar-refractivity contribution in [2.24, 2.45) is 4.99 Å². The molecule has 7 heteroatoms. The third kappa shape index (κ3) is 4.71. The number of allylic oxidation sites excluding steroid dienone is 1. The fraction of sp³-hybridized carbons (Fsp3) is 0.667. The van der Waals surface area contributed by atoms with Gasteiger partial charge in [-0.05, 0) is 30.7 Å². The van der Waals surface area contributed by atoms with Crippen LogP contribution in [0.4, 0.5) is 4.79 Å². The summed E-state index contributed by atoms with van der Waals surface area (Å²) in [7, 11) is 0.